The molecule has 0 spiro atoms. The van der Waals surface area contributed by atoms with Crippen LogP contribution in [0.5, 0.6) is 5.75 Å². The first kappa shape index (κ1) is 20.7. The van der Waals surface area contributed by atoms with Crippen LogP contribution in [0.3, 0.4) is 0 Å². The lowest BCUT2D eigenvalue weighted by atomic mass is 10.1. The van der Waals surface area contributed by atoms with Crippen LogP contribution >= 0.6 is 0 Å². The summed E-state index contributed by atoms with van der Waals surface area (Å²) in [5.74, 6) is -0.388. The van der Waals surface area contributed by atoms with E-state index in [0.717, 1.165) is 29.8 Å². The molecule has 0 aliphatic carbocycles. The number of hydrogen-bond donors (Lipinski definition) is 1. The van der Waals surface area contributed by atoms with E-state index in [0.29, 0.717) is 13.0 Å². The summed E-state index contributed by atoms with van der Waals surface area (Å²) in [5, 5.41) is 2.65. The molecule has 0 radical (unpaired) electrons. The van der Waals surface area contributed by atoms with E-state index in [1.807, 2.05) is 0 Å². The summed E-state index contributed by atoms with van der Waals surface area (Å²) >= 11 is 0. The lowest BCUT2D eigenvalue weighted by Gasteiger charge is -2.19. The number of nitrogens with one attached hydrogen (secondary N) is 1. The van der Waals surface area contributed by atoms with Gasteiger partial charge in [0.25, 0.3) is 0 Å². The molecule has 1 N–H and O–H groups in total. The zero-order valence-electron chi connectivity index (χ0n) is 15.4. The molecule has 2 aromatic rings. The summed E-state index contributed by atoms with van der Waals surface area (Å²) < 4.78 is 47.4. The third-order valence-electron chi connectivity index (χ3n) is 3.31. The van der Waals surface area contributed by atoms with Crippen LogP contribution in [0, 0.1) is 5.82 Å². The largest absolute Gasteiger partial charge is 0.444 e. The van der Waals surface area contributed by atoms with Gasteiger partial charge in [0.15, 0.2) is 0 Å². The first-order valence-electron chi connectivity index (χ1n) is 8.31. The van der Waals surface area contributed by atoms with Gasteiger partial charge >= 0.3 is 16.2 Å². The number of hydrogen-bond acceptors (Lipinski definition) is 5. The van der Waals surface area contributed by atoms with Crippen molar-refractivity contribution < 1.29 is 26.5 Å². The van der Waals surface area contributed by atoms with Crippen LogP contribution in [-0.2, 0) is 21.3 Å². The molecule has 0 heterocycles. The second-order valence-corrected chi connectivity index (χ2v) is 8.36. The first-order valence-corrected chi connectivity index (χ1v) is 9.72. The number of rotatable bonds is 6. The predicted octanol–water partition coefficient (Wildman–Crippen LogP) is 3.66. The Labute approximate surface area is 158 Å². The summed E-state index contributed by atoms with van der Waals surface area (Å²) in [4.78, 5) is 11.4. The van der Waals surface area contributed by atoms with E-state index >= 15 is 0 Å². The smallest absolute Gasteiger partial charge is 0.407 e. The van der Waals surface area contributed by atoms with Crippen LogP contribution in [-0.4, -0.2) is 26.7 Å². The molecule has 0 aromatic heterocycles. The maximum absolute atomic E-state index is 12.9. The zero-order chi connectivity index (χ0) is 20.1. The van der Waals surface area contributed by atoms with Crippen molar-refractivity contribution in [3.63, 3.8) is 0 Å². The highest BCUT2D eigenvalue weighted by Gasteiger charge is 2.17. The third-order valence-corrected chi connectivity index (χ3v) is 4.57. The van der Waals surface area contributed by atoms with Crippen LogP contribution in [0.15, 0.2) is 53.4 Å². The van der Waals surface area contributed by atoms with Crippen molar-refractivity contribution in [1.29, 1.82) is 0 Å². The van der Waals surface area contributed by atoms with E-state index in [-0.39, 0.29) is 10.6 Å². The molecule has 0 aliphatic heterocycles. The summed E-state index contributed by atoms with van der Waals surface area (Å²) in [7, 11) is -4.03. The van der Waals surface area contributed by atoms with Crippen molar-refractivity contribution in [1.82, 2.24) is 5.32 Å². The van der Waals surface area contributed by atoms with E-state index in [1.165, 1.54) is 12.1 Å². The number of carbonyl (C=O) groups excluding carboxylic acids is 1. The summed E-state index contributed by atoms with van der Waals surface area (Å²) in [5.41, 5.74) is 0.330. The fourth-order valence-electron chi connectivity index (χ4n) is 2.11. The number of amides is 1. The minimum absolute atomic E-state index is 0.130. The number of ether oxygens (including phenoxy) is 1. The Hall–Kier alpha value is -2.61. The van der Waals surface area contributed by atoms with E-state index in [4.69, 9.17) is 8.92 Å². The Morgan fingerprint density at radius 3 is 2.19 bits per heavy atom. The molecule has 1 amide bonds. The molecular weight excluding hydrogens is 373 g/mol. The van der Waals surface area contributed by atoms with Gasteiger partial charge in [-0.05, 0) is 69.2 Å². The first-order chi connectivity index (χ1) is 12.5. The minimum Gasteiger partial charge on any atom is -0.444 e. The van der Waals surface area contributed by atoms with Crippen molar-refractivity contribution in [2.75, 3.05) is 6.54 Å². The van der Waals surface area contributed by atoms with Gasteiger partial charge in [-0.25, -0.2) is 9.18 Å². The minimum atomic E-state index is -4.03. The number of alkyl carbamates (subject to hydrolysis) is 1. The predicted molar refractivity (Wildman–Crippen MR) is 98.6 cm³/mol. The number of benzene rings is 2. The Bertz CT molecular complexity index is 872. The Morgan fingerprint density at radius 2 is 1.63 bits per heavy atom. The highest BCUT2D eigenvalue weighted by molar-refractivity contribution is 7.87. The topological polar surface area (TPSA) is 81.7 Å². The summed E-state index contributed by atoms with van der Waals surface area (Å²) in [6.07, 6.45) is 0.0531. The zero-order valence-corrected chi connectivity index (χ0v) is 16.2. The van der Waals surface area contributed by atoms with Gasteiger partial charge in [-0.3, -0.25) is 0 Å². The van der Waals surface area contributed by atoms with Crippen molar-refractivity contribution in [2.45, 2.75) is 37.7 Å². The molecule has 27 heavy (non-hydrogen) atoms. The standard InChI is InChI=1S/C19H22FNO5S/c1-19(2,3)25-18(22)21-13-12-14-4-8-16(9-5-14)26-27(23,24)17-10-6-15(20)7-11-17/h4-11H,12-13H2,1-3H3,(H,21,22). The summed E-state index contributed by atoms with van der Waals surface area (Å²) in [6, 6.07) is 10.8. The van der Waals surface area contributed by atoms with Crippen LogP contribution < -0.4 is 9.50 Å². The summed E-state index contributed by atoms with van der Waals surface area (Å²) in [6.45, 7) is 5.73. The molecule has 2 aromatic carbocycles. The van der Waals surface area contributed by atoms with Crippen molar-refractivity contribution >= 4 is 16.2 Å². The molecule has 0 saturated carbocycles. The lowest BCUT2D eigenvalue weighted by Crippen LogP contribution is -2.33. The number of carbonyl (C=O) groups is 1. The highest BCUT2D eigenvalue weighted by atomic mass is 32.2. The third kappa shape index (κ3) is 6.90. The molecular formula is C19H22FNO5S. The van der Waals surface area contributed by atoms with Crippen LogP contribution in [0.1, 0.15) is 26.3 Å². The molecule has 6 nitrogen and oxygen atoms in total. The molecule has 0 aliphatic rings. The molecule has 0 unspecified atom stereocenters. The molecule has 2 rings (SSSR count). The normalized spacial score (nSPS) is 11.7. The van der Waals surface area contributed by atoms with Gasteiger partial charge in [0.2, 0.25) is 0 Å². The van der Waals surface area contributed by atoms with Gasteiger partial charge in [-0.2, -0.15) is 8.42 Å². The van der Waals surface area contributed by atoms with Crippen LogP contribution in [0.25, 0.3) is 0 Å². The molecule has 0 bridgehead atoms. The van der Waals surface area contributed by atoms with Gasteiger partial charge in [0.05, 0.1) is 0 Å². The molecule has 0 saturated heterocycles. The lowest BCUT2D eigenvalue weighted by molar-refractivity contribution is 0.0528. The van der Waals surface area contributed by atoms with Crippen LogP contribution in [0.4, 0.5) is 9.18 Å². The monoisotopic (exact) mass is 395 g/mol. The van der Waals surface area contributed by atoms with Gasteiger partial charge in [-0.1, -0.05) is 12.1 Å². The second-order valence-electron chi connectivity index (χ2n) is 6.81. The van der Waals surface area contributed by atoms with E-state index in [9.17, 15) is 17.6 Å². The average molecular weight is 395 g/mol. The van der Waals surface area contributed by atoms with Gasteiger partial charge in [0.1, 0.15) is 22.1 Å². The van der Waals surface area contributed by atoms with Crippen molar-refractivity contribution in [2.24, 2.45) is 0 Å². The van der Waals surface area contributed by atoms with Crippen LogP contribution in [0.2, 0.25) is 0 Å². The maximum Gasteiger partial charge on any atom is 0.407 e. The molecule has 0 atom stereocenters. The number of halogens is 1. The molecule has 8 heteroatoms. The van der Waals surface area contributed by atoms with Gasteiger partial charge in [-0.15, -0.1) is 0 Å². The molecule has 146 valence electrons. The van der Waals surface area contributed by atoms with Gasteiger partial charge < -0.3 is 14.2 Å². The van der Waals surface area contributed by atoms with Crippen molar-refractivity contribution in [3.05, 3.63) is 59.9 Å². The second kappa shape index (κ2) is 8.39. The Balaban J connectivity index is 1.89. The van der Waals surface area contributed by atoms with E-state index in [1.54, 1.807) is 32.9 Å². The fraction of sp³-hybridized carbons (Fsp3) is 0.316. The average Bonchev–Trinajstić information content (AvgIpc) is 2.55. The highest BCUT2D eigenvalue weighted by Crippen LogP contribution is 2.19. The van der Waals surface area contributed by atoms with Crippen molar-refractivity contribution in [3.8, 4) is 5.75 Å². The van der Waals surface area contributed by atoms with E-state index < -0.39 is 27.6 Å². The SMILES string of the molecule is CC(C)(C)OC(=O)NCCc1ccc(OS(=O)(=O)c2ccc(F)cc2)cc1. The fourth-order valence-corrected chi connectivity index (χ4v) is 3.04. The maximum atomic E-state index is 12.9. The quantitative estimate of drug-likeness (QED) is 0.755. The molecule has 0 fully saturated rings. The Kier molecular flexibility index (Phi) is 6.43. The Morgan fingerprint density at radius 1 is 1.04 bits per heavy atom. The van der Waals surface area contributed by atoms with E-state index in [2.05, 4.69) is 5.32 Å². The van der Waals surface area contributed by atoms with Gasteiger partial charge in [0, 0.05) is 6.54 Å².